The lowest BCUT2D eigenvalue weighted by atomic mass is 10.3. The van der Waals surface area contributed by atoms with Gasteiger partial charge in [0.15, 0.2) is 0 Å². The molecule has 0 radical (unpaired) electrons. The Hall–Kier alpha value is -1.09. The molecular formula is C14H23N3. The van der Waals surface area contributed by atoms with Crippen molar-refractivity contribution in [3.63, 3.8) is 0 Å². The first-order valence-electron chi connectivity index (χ1n) is 6.77. The van der Waals surface area contributed by atoms with Crippen LogP contribution in [-0.2, 0) is 6.54 Å². The fraction of sp³-hybridized carbons (Fsp3) is 0.643. The molecule has 1 aromatic rings. The normalized spacial score (nSPS) is 14.9. The summed E-state index contributed by atoms with van der Waals surface area (Å²) in [6.07, 6.45) is 3.83. The van der Waals surface area contributed by atoms with Gasteiger partial charge in [0.2, 0.25) is 0 Å². The van der Waals surface area contributed by atoms with Crippen LogP contribution in [0.15, 0.2) is 18.2 Å². The van der Waals surface area contributed by atoms with Gasteiger partial charge in [0.05, 0.1) is 5.69 Å². The Kier molecular flexibility index (Phi) is 4.37. The Morgan fingerprint density at radius 1 is 1.35 bits per heavy atom. The number of rotatable bonds is 7. The van der Waals surface area contributed by atoms with Crippen LogP contribution >= 0.6 is 0 Å². The van der Waals surface area contributed by atoms with Crippen LogP contribution in [0.1, 0.15) is 38.8 Å². The zero-order chi connectivity index (χ0) is 12.1. The molecule has 1 saturated carbocycles. The summed E-state index contributed by atoms with van der Waals surface area (Å²) in [4.78, 5) is 7.06. The van der Waals surface area contributed by atoms with Crippen molar-refractivity contribution in [1.29, 1.82) is 0 Å². The molecule has 0 atom stereocenters. The fourth-order valence-corrected chi connectivity index (χ4v) is 1.98. The minimum absolute atomic E-state index is 0.748. The van der Waals surface area contributed by atoms with E-state index in [1.165, 1.54) is 19.3 Å². The molecule has 3 nitrogen and oxygen atoms in total. The van der Waals surface area contributed by atoms with E-state index < -0.39 is 0 Å². The largest absolute Gasteiger partial charge is 0.357 e. The van der Waals surface area contributed by atoms with Crippen molar-refractivity contribution in [2.75, 3.05) is 18.0 Å². The van der Waals surface area contributed by atoms with Crippen molar-refractivity contribution in [2.24, 2.45) is 0 Å². The number of pyridine rings is 1. The molecule has 1 N–H and O–H groups in total. The van der Waals surface area contributed by atoms with E-state index in [1.54, 1.807) is 0 Å². The van der Waals surface area contributed by atoms with E-state index in [1.807, 2.05) is 0 Å². The fourth-order valence-electron chi connectivity index (χ4n) is 1.98. The Labute approximate surface area is 104 Å². The van der Waals surface area contributed by atoms with Crippen molar-refractivity contribution in [3.8, 4) is 0 Å². The second-order valence-electron chi connectivity index (χ2n) is 4.72. The van der Waals surface area contributed by atoms with Gasteiger partial charge in [-0.1, -0.05) is 13.0 Å². The van der Waals surface area contributed by atoms with E-state index in [2.05, 4.69) is 42.3 Å². The minimum atomic E-state index is 0.748. The summed E-state index contributed by atoms with van der Waals surface area (Å²) in [5, 5.41) is 3.51. The van der Waals surface area contributed by atoms with Gasteiger partial charge in [-0.25, -0.2) is 4.98 Å². The summed E-state index contributed by atoms with van der Waals surface area (Å²) in [7, 11) is 0. The molecule has 17 heavy (non-hydrogen) atoms. The van der Waals surface area contributed by atoms with Crippen molar-refractivity contribution in [3.05, 3.63) is 23.9 Å². The maximum absolute atomic E-state index is 4.73. The van der Waals surface area contributed by atoms with E-state index in [0.29, 0.717) is 0 Å². The molecule has 0 bridgehead atoms. The predicted molar refractivity (Wildman–Crippen MR) is 72.3 cm³/mol. The first-order chi connectivity index (χ1) is 8.33. The predicted octanol–water partition coefficient (Wildman–Crippen LogP) is 2.57. The molecule has 2 rings (SSSR count). The van der Waals surface area contributed by atoms with Crippen molar-refractivity contribution in [2.45, 2.75) is 45.7 Å². The first-order valence-corrected chi connectivity index (χ1v) is 6.77. The summed E-state index contributed by atoms with van der Waals surface area (Å²) in [5.74, 6) is 1.12. The summed E-state index contributed by atoms with van der Waals surface area (Å²) >= 11 is 0. The Morgan fingerprint density at radius 3 is 2.82 bits per heavy atom. The number of nitrogens with one attached hydrogen (secondary N) is 1. The van der Waals surface area contributed by atoms with Crippen LogP contribution in [0.5, 0.6) is 0 Å². The van der Waals surface area contributed by atoms with Gasteiger partial charge < -0.3 is 10.2 Å². The third kappa shape index (κ3) is 3.70. The third-order valence-corrected chi connectivity index (χ3v) is 3.14. The molecule has 1 aliphatic rings. The van der Waals surface area contributed by atoms with E-state index in [0.717, 1.165) is 37.2 Å². The number of hydrogen-bond donors (Lipinski definition) is 1. The highest BCUT2D eigenvalue weighted by atomic mass is 15.2. The van der Waals surface area contributed by atoms with E-state index >= 15 is 0 Å². The average molecular weight is 233 g/mol. The number of nitrogens with zero attached hydrogens (tertiary/aromatic N) is 2. The van der Waals surface area contributed by atoms with Gasteiger partial charge >= 0.3 is 0 Å². The van der Waals surface area contributed by atoms with Crippen LogP contribution < -0.4 is 10.2 Å². The number of hydrogen-bond acceptors (Lipinski definition) is 3. The van der Waals surface area contributed by atoms with Gasteiger partial charge in [-0.2, -0.15) is 0 Å². The molecule has 1 fully saturated rings. The molecule has 0 aliphatic heterocycles. The Morgan fingerprint density at radius 2 is 2.18 bits per heavy atom. The minimum Gasteiger partial charge on any atom is -0.357 e. The topological polar surface area (TPSA) is 28.2 Å². The lowest BCUT2D eigenvalue weighted by Gasteiger charge is -2.21. The van der Waals surface area contributed by atoms with Crippen LogP contribution in [0.25, 0.3) is 0 Å². The summed E-state index contributed by atoms with van der Waals surface area (Å²) in [6.45, 7) is 7.42. The van der Waals surface area contributed by atoms with Crippen LogP contribution in [-0.4, -0.2) is 24.1 Å². The van der Waals surface area contributed by atoms with Crippen molar-refractivity contribution < 1.29 is 0 Å². The smallest absolute Gasteiger partial charge is 0.128 e. The van der Waals surface area contributed by atoms with E-state index in [4.69, 9.17) is 4.98 Å². The molecule has 0 unspecified atom stereocenters. The SMILES string of the molecule is CCCN(CC)c1cccc(CNC2CC2)n1. The molecule has 3 heteroatoms. The second kappa shape index (κ2) is 6.01. The lowest BCUT2D eigenvalue weighted by molar-refractivity contribution is 0.671. The van der Waals surface area contributed by atoms with Gasteiger partial charge in [-0.3, -0.25) is 0 Å². The highest BCUT2D eigenvalue weighted by molar-refractivity contribution is 5.38. The summed E-state index contributed by atoms with van der Waals surface area (Å²) < 4.78 is 0. The van der Waals surface area contributed by atoms with Crippen LogP contribution in [0.2, 0.25) is 0 Å². The molecule has 94 valence electrons. The van der Waals surface area contributed by atoms with Gasteiger partial charge in [-0.15, -0.1) is 0 Å². The van der Waals surface area contributed by atoms with Gasteiger partial charge in [0, 0.05) is 25.7 Å². The van der Waals surface area contributed by atoms with Crippen LogP contribution in [0.3, 0.4) is 0 Å². The molecule has 1 aliphatic carbocycles. The maximum atomic E-state index is 4.73. The second-order valence-corrected chi connectivity index (χ2v) is 4.72. The molecule has 0 amide bonds. The Balaban J connectivity index is 1.97. The van der Waals surface area contributed by atoms with Gasteiger partial charge in [0.1, 0.15) is 5.82 Å². The molecule has 0 saturated heterocycles. The quantitative estimate of drug-likeness (QED) is 0.784. The summed E-state index contributed by atoms with van der Waals surface area (Å²) in [5.41, 5.74) is 1.16. The monoisotopic (exact) mass is 233 g/mol. The molecule has 0 spiro atoms. The van der Waals surface area contributed by atoms with E-state index in [9.17, 15) is 0 Å². The standard InChI is InChI=1S/C14H23N3/c1-3-10-17(4-2)14-7-5-6-13(16-14)11-15-12-8-9-12/h5-7,12,15H,3-4,8-11H2,1-2H3. The van der Waals surface area contributed by atoms with Crippen LogP contribution in [0, 0.1) is 0 Å². The highest BCUT2D eigenvalue weighted by Crippen LogP contribution is 2.19. The van der Waals surface area contributed by atoms with E-state index in [-0.39, 0.29) is 0 Å². The highest BCUT2D eigenvalue weighted by Gasteiger charge is 2.20. The van der Waals surface area contributed by atoms with Crippen molar-refractivity contribution >= 4 is 5.82 Å². The van der Waals surface area contributed by atoms with Crippen molar-refractivity contribution in [1.82, 2.24) is 10.3 Å². The number of anilines is 1. The molecule has 0 aromatic carbocycles. The average Bonchev–Trinajstić information content (AvgIpc) is 3.18. The maximum Gasteiger partial charge on any atom is 0.128 e. The van der Waals surface area contributed by atoms with Gasteiger partial charge in [-0.05, 0) is 38.3 Å². The third-order valence-electron chi connectivity index (χ3n) is 3.14. The molecular weight excluding hydrogens is 210 g/mol. The first kappa shape index (κ1) is 12.4. The number of aromatic nitrogens is 1. The molecule has 1 aromatic heterocycles. The Bertz CT molecular complexity index is 347. The zero-order valence-corrected chi connectivity index (χ0v) is 10.9. The zero-order valence-electron chi connectivity index (χ0n) is 10.9. The summed E-state index contributed by atoms with van der Waals surface area (Å²) in [6, 6.07) is 7.08. The lowest BCUT2D eigenvalue weighted by Crippen LogP contribution is -2.25. The van der Waals surface area contributed by atoms with Gasteiger partial charge in [0.25, 0.3) is 0 Å². The molecule has 1 heterocycles. The van der Waals surface area contributed by atoms with Crippen LogP contribution in [0.4, 0.5) is 5.82 Å².